The van der Waals surface area contributed by atoms with E-state index in [9.17, 15) is 14.7 Å². The van der Waals surface area contributed by atoms with Crippen molar-refractivity contribution in [3.8, 4) is 12.3 Å². The van der Waals surface area contributed by atoms with Gasteiger partial charge in [0, 0.05) is 18.7 Å². The molecule has 3 atom stereocenters. The molecule has 0 spiro atoms. The Hall–Kier alpha value is -1.88. The Morgan fingerprint density at radius 1 is 1.67 bits per heavy atom. The summed E-state index contributed by atoms with van der Waals surface area (Å²) in [6, 6.07) is 1.12. The molecule has 2 rings (SSSR count). The van der Waals surface area contributed by atoms with Crippen LogP contribution in [-0.4, -0.2) is 38.1 Å². The maximum atomic E-state index is 11.6. The molecule has 1 saturated heterocycles. The van der Waals surface area contributed by atoms with E-state index in [1.165, 1.54) is 6.20 Å². The van der Waals surface area contributed by atoms with Crippen LogP contribution in [-0.2, 0) is 4.74 Å². The van der Waals surface area contributed by atoms with E-state index in [0.29, 0.717) is 0 Å². The fourth-order valence-electron chi connectivity index (χ4n) is 1.94. The van der Waals surface area contributed by atoms with Gasteiger partial charge in [-0.2, -0.15) is 0 Å². The molecule has 18 heavy (non-hydrogen) atoms. The molecule has 1 aromatic rings. The van der Waals surface area contributed by atoms with Crippen molar-refractivity contribution in [1.29, 1.82) is 0 Å². The summed E-state index contributed by atoms with van der Waals surface area (Å²) in [6.07, 6.45) is 4.65. The van der Waals surface area contributed by atoms with Crippen LogP contribution in [0.15, 0.2) is 21.9 Å². The molecule has 0 saturated carbocycles. The van der Waals surface area contributed by atoms with Crippen molar-refractivity contribution in [2.75, 3.05) is 6.61 Å². The Morgan fingerprint density at radius 2 is 2.39 bits per heavy atom. The number of aliphatic hydroxyl groups excluding tert-OH is 1. The molecule has 3 unspecified atom stereocenters. The van der Waals surface area contributed by atoms with Gasteiger partial charge in [0.2, 0.25) is 0 Å². The van der Waals surface area contributed by atoms with E-state index in [4.69, 9.17) is 16.3 Å². The van der Waals surface area contributed by atoms with Crippen molar-refractivity contribution < 1.29 is 14.9 Å². The highest BCUT2D eigenvalue weighted by molar-refractivity contribution is 5.14. The zero-order chi connectivity index (χ0) is 13.3. The monoisotopic (exact) mass is 252 g/mol. The second kappa shape index (κ2) is 4.42. The van der Waals surface area contributed by atoms with Crippen LogP contribution in [0, 0.1) is 12.3 Å². The maximum absolute atomic E-state index is 11.6. The van der Waals surface area contributed by atoms with Crippen LogP contribution in [0.25, 0.3) is 0 Å². The second-order valence-electron chi connectivity index (χ2n) is 4.08. The summed E-state index contributed by atoms with van der Waals surface area (Å²) in [4.78, 5) is 24.6. The molecular formula is C11H12N2O5. The number of aromatic amines is 1. The molecule has 0 radical (unpaired) electrons. The summed E-state index contributed by atoms with van der Waals surface area (Å²) in [7, 11) is 0. The molecule has 2 heterocycles. The van der Waals surface area contributed by atoms with Crippen LogP contribution in [0.5, 0.6) is 0 Å². The number of aliphatic hydroxyl groups is 2. The molecule has 1 aliphatic rings. The molecule has 1 aromatic heterocycles. The van der Waals surface area contributed by atoms with E-state index in [0.717, 1.165) is 10.6 Å². The Kier molecular flexibility index (Phi) is 3.09. The van der Waals surface area contributed by atoms with E-state index < -0.39 is 29.2 Å². The molecule has 1 fully saturated rings. The van der Waals surface area contributed by atoms with Gasteiger partial charge in [-0.25, -0.2) is 4.79 Å². The van der Waals surface area contributed by atoms with E-state index in [1.807, 2.05) is 4.98 Å². The summed E-state index contributed by atoms with van der Waals surface area (Å²) < 4.78 is 6.32. The lowest BCUT2D eigenvalue weighted by Crippen LogP contribution is -2.41. The first-order chi connectivity index (χ1) is 8.50. The van der Waals surface area contributed by atoms with E-state index >= 15 is 0 Å². The SMILES string of the molecule is C#CC1(O)CC(CO)OC1n1ccc(=O)[nH]c1=O. The largest absolute Gasteiger partial charge is 0.394 e. The number of rotatable bonds is 2. The predicted octanol–water partition coefficient (Wildman–Crippen LogP) is -1.82. The minimum absolute atomic E-state index is 0.0102. The van der Waals surface area contributed by atoms with Gasteiger partial charge in [0.05, 0.1) is 12.7 Å². The molecule has 7 nitrogen and oxygen atoms in total. The highest BCUT2D eigenvalue weighted by atomic mass is 16.5. The number of ether oxygens (including phenoxy) is 1. The van der Waals surface area contributed by atoms with Crippen molar-refractivity contribution in [3.05, 3.63) is 33.1 Å². The van der Waals surface area contributed by atoms with E-state index in [1.54, 1.807) is 0 Å². The van der Waals surface area contributed by atoms with Crippen molar-refractivity contribution >= 4 is 0 Å². The van der Waals surface area contributed by atoms with Gasteiger partial charge in [0.25, 0.3) is 5.56 Å². The van der Waals surface area contributed by atoms with Gasteiger partial charge in [-0.05, 0) is 0 Å². The number of nitrogens with zero attached hydrogens (tertiary/aromatic N) is 1. The third-order valence-electron chi connectivity index (χ3n) is 2.83. The Labute approximate surface area is 102 Å². The summed E-state index contributed by atoms with van der Waals surface area (Å²) >= 11 is 0. The van der Waals surface area contributed by atoms with Gasteiger partial charge in [-0.1, -0.05) is 5.92 Å². The lowest BCUT2D eigenvalue weighted by atomic mass is 9.99. The molecule has 3 N–H and O–H groups in total. The fraction of sp³-hybridized carbons (Fsp3) is 0.455. The third kappa shape index (κ3) is 1.97. The highest BCUT2D eigenvalue weighted by Crippen LogP contribution is 2.36. The third-order valence-corrected chi connectivity index (χ3v) is 2.83. The van der Waals surface area contributed by atoms with Crippen LogP contribution in [0.2, 0.25) is 0 Å². The molecule has 0 aliphatic carbocycles. The van der Waals surface area contributed by atoms with Crippen LogP contribution >= 0.6 is 0 Å². The number of terminal acetylenes is 1. The van der Waals surface area contributed by atoms with Crippen molar-refractivity contribution in [1.82, 2.24) is 9.55 Å². The molecule has 96 valence electrons. The zero-order valence-electron chi connectivity index (χ0n) is 9.37. The number of nitrogens with one attached hydrogen (secondary N) is 1. The first kappa shape index (κ1) is 12.6. The quantitative estimate of drug-likeness (QED) is 0.538. The van der Waals surface area contributed by atoms with Gasteiger partial charge >= 0.3 is 5.69 Å². The van der Waals surface area contributed by atoms with Gasteiger partial charge < -0.3 is 14.9 Å². The molecule has 0 aromatic carbocycles. The van der Waals surface area contributed by atoms with Gasteiger partial charge in [0.1, 0.15) is 0 Å². The Morgan fingerprint density at radius 3 is 2.94 bits per heavy atom. The number of aromatic nitrogens is 2. The highest BCUT2D eigenvalue weighted by Gasteiger charge is 2.47. The molecular weight excluding hydrogens is 240 g/mol. The van der Waals surface area contributed by atoms with Gasteiger partial charge in [-0.3, -0.25) is 14.3 Å². The van der Waals surface area contributed by atoms with Crippen LogP contribution in [0.1, 0.15) is 12.6 Å². The smallest absolute Gasteiger partial charge is 0.330 e. The van der Waals surface area contributed by atoms with Crippen molar-refractivity contribution in [2.24, 2.45) is 0 Å². The number of hydrogen-bond donors (Lipinski definition) is 3. The minimum atomic E-state index is -1.70. The molecule has 7 heteroatoms. The lowest BCUT2D eigenvalue weighted by molar-refractivity contribution is -0.0741. The summed E-state index contributed by atoms with van der Waals surface area (Å²) in [5.41, 5.74) is -2.99. The normalized spacial score (nSPS) is 31.2. The van der Waals surface area contributed by atoms with Crippen molar-refractivity contribution in [3.63, 3.8) is 0 Å². The first-order valence-electron chi connectivity index (χ1n) is 5.28. The fourth-order valence-corrected chi connectivity index (χ4v) is 1.94. The first-order valence-corrected chi connectivity index (χ1v) is 5.28. The lowest BCUT2D eigenvalue weighted by Gasteiger charge is -2.23. The zero-order valence-corrected chi connectivity index (χ0v) is 9.37. The summed E-state index contributed by atoms with van der Waals surface area (Å²) in [6.45, 7) is -0.321. The average molecular weight is 252 g/mol. The number of H-pyrrole nitrogens is 1. The van der Waals surface area contributed by atoms with Gasteiger partial charge in [0.15, 0.2) is 11.8 Å². The van der Waals surface area contributed by atoms with E-state index in [-0.39, 0.29) is 13.0 Å². The molecule has 0 bridgehead atoms. The summed E-state index contributed by atoms with van der Waals surface area (Å²) in [5.74, 6) is 2.16. The number of hydrogen-bond acceptors (Lipinski definition) is 5. The average Bonchev–Trinajstić information content (AvgIpc) is 2.68. The topological polar surface area (TPSA) is 105 Å². The molecule has 0 amide bonds. The Balaban J connectivity index is 2.46. The predicted molar refractivity (Wildman–Crippen MR) is 60.7 cm³/mol. The minimum Gasteiger partial charge on any atom is -0.394 e. The van der Waals surface area contributed by atoms with Gasteiger partial charge in [-0.15, -0.1) is 6.42 Å². The van der Waals surface area contributed by atoms with Crippen molar-refractivity contribution in [2.45, 2.75) is 24.4 Å². The van der Waals surface area contributed by atoms with Crippen LogP contribution in [0.4, 0.5) is 0 Å². The maximum Gasteiger partial charge on any atom is 0.330 e. The standard InChI is InChI=1S/C11H12N2O5/c1-2-11(17)5-7(6-14)18-9(11)13-4-3-8(15)12-10(13)16/h1,3-4,7,9,14,17H,5-6H2,(H,12,15,16). The summed E-state index contributed by atoms with van der Waals surface area (Å²) in [5, 5.41) is 19.2. The van der Waals surface area contributed by atoms with E-state index in [2.05, 4.69) is 5.92 Å². The van der Waals surface area contributed by atoms with Crippen LogP contribution < -0.4 is 11.2 Å². The Bertz CT molecular complexity index is 598. The van der Waals surface area contributed by atoms with Crippen LogP contribution in [0.3, 0.4) is 0 Å². The molecule has 1 aliphatic heterocycles. The second-order valence-corrected chi connectivity index (χ2v) is 4.08.